The van der Waals surface area contributed by atoms with Crippen molar-refractivity contribution in [3.05, 3.63) is 320 Å². The van der Waals surface area contributed by atoms with Crippen LogP contribution in [0, 0.1) is 0 Å². The number of para-hydroxylation sites is 5. The molecule has 0 N–H and O–H groups in total. The molecule has 6 aromatic heterocycles. The summed E-state index contributed by atoms with van der Waals surface area (Å²) in [6, 6.07) is 75.8. The average Bonchev–Trinajstić information content (AvgIpc) is 1.63. The third-order valence-corrected chi connectivity index (χ3v) is 24.7. The molecule has 5 aliphatic rings. The number of carbonyl (C=O) groups excluding carboxylic acids is 4. The molecule has 5 aliphatic heterocycles. The van der Waals surface area contributed by atoms with E-state index in [9.17, 15) is 19.2 Å². The molecule has 0 bridgehead atoms. The molecule has 9 aromatic carbocycles. The number of hydrogen-bond acceptors (Lipinski definition) is 29. The van der Waals surface area contributed by atoms with Crippen LogP contribution in [0.3, 0.4) is 0 Å². The van der Waals surface area contributed by atoms with Gasteiger partial charge in [-0.3, -0.25) is 19.2 Å². The Morgan fingerprint density at radius 3 is 0.977 bits per heavy atom. The molecule has 0 spiro atoms. The predicted molar refractivity (Wildman–Crippen MR) is 489 cm³/mol. The molecule has 5 fully saturated rings. The first kappa shape index (κ1) is 89.6. The lowest BCUT2D eigenvalue weighted by atomic mass is 9.97. The number of thiazole rings is 1. The first-order valence-corrected chi connectivity index (χ1v) is 45.3. The first-order chi connectivity index (χ1) is 64.7. The van der Waals surface area contributed by atoms with E-state index in [0.29, 0.717) is 159 Å². The Morgan fingerprint density at radius 1 is 0.326 bits per heavy atom. The second-order valence-corrected chi connectivity index (χ2v) is 33.9. The number of benzene rings is 9. The van der Waals surface area contributed by atoms with Crippen molar-refractivity contribution >= 4 is 80.6 Å². The Balaban J connectivity index is 0.000000129. The quantitative estimate of drug-likeness (QED) is 0.0537. The van der Waals surface area contributed by atoms with E-state index in [1.54, 1.807) is 73.8 Å². The molecule has 0 radical (unpaired) electrons. The van der Waals surface area contributed by atoms with Gasteiger partial charge in [0.25, 0.3) is 17.7 Å². The number of piperidine rings is 5. The lowest BCUT2D eigenvalue weighted by Gasteiger charge is -2.32. The maximum Gasteiger partial charge on any atom is 0.359 e. The van der Waals surface area contributed by atoms with Crippen molar-refractivity contribution in [2.75, 3.05) is 82.4 Å². The number of anilines is 2. The minimum absolute atomic E-state index is 0.00317. The number of carbonyl (C=O) groups is 4. The Labute approximate surface area is 777 Å². The van der Waals surface area contributed by atoms with Gasteiger partial charge in [0.15, 0.2) is 10.9 Å². The van der Waals surface area contributed by atoms with Crippen molar-refractivity contribution in [3.63, 3.8) is 0 Å². The van der Waals surface area contributed by atoms with Crippen molar-refractivity contribution in [2.24, 2.45) is 0 Å². The number of likely N-dealkylation sites (tertiary alicyclic amines) is 3. The van der Waals surface area contributed by atoms with Crippen LogP contribution in [0.1, 0.15) is 170 Å². The lowest BCUT2D eigenvalue weighted by molar-refractivity contribution is 0.0688. The number of hydrogen-bond donors (Lipinski definition) is 0. The highest BCUT2D eigenvalue weighted by Gasteiger charge is 2.37. The largest absolute Gasteiger partial charge is 0.497 e. The molecule has 35 heteroatoms. The number of rotatable bonds is 23. The van der Waals surface area contributed by atoms with E-state index in [0.717, 1.165) is 88.2 Å². The fourth-order valence-electron chi connectivity index (χ4n) is 15.9. The third kappa shape index (κ3) is 23.3. The molecule has 5 saturated heterocycles. The summed E-state index contributed by atoms with van der Waals surface area (Å²) < 4.78 is 61.0. The number of ketones is 1. The Kier molecular flexibility index (Phi) is 29.5. The normalized spacial score (nSPS) is 17.2. The van der Waals surface area contributed by atoms with Crippen LogP contribution in [0.4, 0.5) is 10.9 Å². The Hall–Kier alpha value is -14.3. The fourth-order valence-corrected chi connectivity index (χ4v) is 17.5. The van der Waals surface area contributed by atoms with E-state index in [1.165, 1.54) is 11.3 Å². The number of amides is 3. The molecule has 0 unspecified atom stereocenters. The molecular weight excluding hydrogens is 1770 g/mol. The van der Waals surface area contributed by atoms with E-state index in [2.05, 4.69) is 60.5 Å². The Morgan fingerprint density at radius 2 is 0.629 bits per heavy atom. The Bertz CT molecular complexity index is 6290. The molecule has 3 amide bonds. The molecule has 15 aromatic rings. The minimum atomic E-state index is -0.182. The zero-order valence-corrected chi connectivity index (χ0v) is 74.6. The SMILES string of the molecule is COc1ccc(C(=O)N2CCC[C@H](c3nc(Oc4ccccc4)no3)C2)cc1.O=C(c1ccc(Cl)c(Cl)c1)c1sc(N2CCC[C@H](c3nc(Oc4ccccc4)no3)C2)nc1N1CCC[C@H](c2nc(Oc3ccccc3)no2)C1.O=C(c1ccc(Cl)cc1)N1CCC[C@H](c2nc(Oc3ccccc3)no2)C1.O=C(c1ccccc1)N1CCC[C@H](c2nc(Oc3ccccc3)no2)C1. The monoisotopic (exact) mass is 1850 g/mol. The summed E-state index contributed by atoms with van der Waals surface area (Å²) in [6.07, 6.45) is 8.76. The highest BCUT2D eigenvalue weighted by molar-refractivity contribution is 7.18. The second-order valence-electron chi connectivity index (χ2n) is 31.7. The van der Waals surface area contributed by atoms with Crippen LogP contribution in [0.5, 0.6) is 64.5 Å². The molecule has 31 nitrogen and oxygen atoms in total. The van der Waals surface area contributed by atoms with Gasteiger partial charge < -0.3 is 75.5 Å². The highest BCUT2D eigenvalue weighted by Crippen LogP contribution is 2.42. The van der Waals surface area contributed by atoms with E-state index in [4.69, 9.17) is 90.8 Å². The van der Waals surface area contributed by atoms with Gasteiger partial charge in [-0.1, -0.05) is 155 Å². The van der Waals surface area contributed by atoms with Crippen LogP contribution in [0.15, 0.2) is 271 Å². The fraction of sp³-hybridized carbons (Fsp3) is 0.268. The zero-order chi connectivity index (χ0) is 90.5. The third-order valence-electron chi connectivity index (χ3n) is 22.6. The second kappa shape index (κ2) is 43.4. The summed E-state index contributed by atoms with van der Waals surface area (Å²) in [7, 11) is 1.60. The summed E-state index contributed by atoms with van der Waals surface area (Å²) in [4.78, 5) is 90.0. The molecule has 11 heterocycles. The van der Waals surface area contributed by atoms with E-state index in [1.807, 2.05) is 197 Å². The van der Waals surface area contributed by atoms with E-state index >= 15 is 0 Å². The molecular formula is C97H89Cl3N16O15S. The van der Waals surface area contributed by atoms with Crippen LogP contribution in [-0.4, -0.2) is 166 Å². The van der Waals surface area contributed by atoms with Crippen LogP contribution in [-0.2, 0) is 0 Å². The molecule has 5 atom stereocenters. The highest BCUT2D eigenvalue weighted by atomic mass is 35.5. The standard InChI is InChI=1S/C36H31Cl2N7O5S.C21H21N3O4.C20H18ClN3O3.C20H19N3O3/c37-27-16-15-22(19-28(27)38)29(46)30-31(44-17-7-9-23(20-44)32-40-34(42-49-32)47-25-11-3-1-4-12-25)39-36(51-30)45-18-8-10-24(21-45)33-41-35(43-50-33)48-26-13-5-2-6-14-26;1-26-17-11-9-15(10-12-17)20(25)24-13-5-6-16(14-24)19-22-21(23-28-19)27-18-7-3-2-4-8-18;21-16-10-8-14(9-11-16)19(25)24-12-4-5-15(13-24)18-22-20(23-27-18)26-17-6-2-1-3-7-17;24-19(15-8-3-1-4-9-15)23-13-7-10-16(14-23)18-21-20(22-26-18)25-17-11-5-2-6-12-17/h1-6,11-16,19,23-24H,7-10,17-18,20-21H2;2-4,7-12,16H,5-6,13-14H2,1H3;1-3,6-11,15H,4-5,12-13H2;1-6,8-9,11-12,16H,7,10,13-14H2/t23-,24-;16-;15-;16-/m0000/s1. The number of aromatic nitrogens is 11. The van der Waals surface area contributed by atoms with Gasteiger partial charge in [0.2, 0.25) is 35.2 Å². The van der Waals surface area contributed by atoms with Crippen molar-refractivity contribution in [1.29, 1.82) is 0 Å². The molecule has 20 rings (SSSR count). The van der Waals surface area contributed by atoms with Crippen molar-refractivity contribution in [2.45, 2.75) is 93.8 Å². The predicted octanol–water partition coefficient (Wildman–Crippen LogP) is 21.1. The number of methoxy groups -OCH3 is 1. The van der Waals surface area contributed by atoms with Gasteiger partial charge in [-0.2, -0.15) is 24.9 Å². The minimum Gasteiger partial charge on any atom is -0.497 e. The van der Waals surface area contributed by atoms with Gasteiger partial charge in [-0.15, -0.1) is 0 Å². The van der Waals surface area contributed by atoms with Gasteiger partial charge in [-0.25, -0.2) is 4.98 Å². The van der Waals surface area contributed by atoms with Crippen molar-refractivity contribution in [3.8, 4) is 64.5 Å². The first-order valence-electron chi connectivity index (χ1n) is 43.3. The van der Waals surface area contributed by atoms with Gasteiger partial charge in [0, 0.05) is 92.7 Å². The summed E-state index contributed by atoms with van der Waals surface area (Å²) in [5.41, 5.74) is 2.40. The van der Waals surface area contributed by atoms with E-state index < -0.39 is 0 Å². The molecule has 132 heavy (non-hydrogen) atoms. The molecule has 0 aliphatic carbocycles. The maximum atomic E-state index is 14.2. The maximum absolute atomic E-state index is 14.2. The zero-order valence-electron chi connectivity index (χ0n) is 71.5. The van der Waals surface area contributed by atoms with Crippen LogP contribution in [0.25, 0.3) is 0 Å². The number of ether oxygens (including phenoxy) is 6. The summed E-state index contributed by atoms with van der Waals surface area (Å²) in [5, 5.41) is 21.9. The average molecular weight is 1860 g/mol. The molecule has 674 valence electrons. The van der Waals surface area contributed by atoms with Gasteiger partial charge >= 0.3 is 30.1 Å². The molecule has 0 saturated carbocycles. The summed E-state index contributed by atoms with van der Waals surface area (Å²) >= 11 is 19.8. The van der Waals surface area contributed by atoms with Gasteiger partial charge in [-0.05, 0) is 230 Å². The topological polar surface area (TPSA) is 347 Å². The smallest absolute Gasteiger partial charge is 0.359 e. The van der Waals surface area contributed by atoms with E-state index in [-0.39, 0.29) is 83.1 Å². The van der Waals surface area contributed by atoms with Crippen molar-refractivity contribution in [1.82, 2.24) is 70.4 Å². The number of halogens is 3. The van der Waals surface area contributed by atoms with Crippen LogP contribution >= 0.6 is 46.1 Å². The lowest BCUT2D eigenvalue weighted by Crippen LogP contribution is -2.39. The van der Waals surface area contributed by atoms with Crippen LogP contribution in [0.2, 0.25) is 15.1 Å². The number of nitrogens with zero attached hydrogens (tertiary/aromatic N) is 16. The van der Waals surface area contributed by atoms with Gasteiger partial charge in [0.1, 0.15) is 39.4 Å². The van der Waals surface area contributed by atoms with Crippen LogP contribution < -0.4 is 38.2 Å². The summed E-state index contributed by atoms with van der Waals surface area (Å²) in [6.45, 7) is 6.40. The summed E-state index contributed by atoms with van der Waals surface area (Å²) in [5.74, 6) is 6.76. The van der Waals surface area contributed by atoms with Crippen molar-refractivity contribution < 1.29 is 70.2 Å². The van der Waals surface area contributed by atoms with Gasteiger partial charge in [0.05, 0.1) is 46.7 Å².